The number of carbonyl (C=O) groups excluding carboxylic acids is 1. The average Bonchev–Trinajstić information content (AvgIpc) is 2.11. The molecular weight excluding hydrogens is 172 g/mol. The van der Waals surface area contributed by atoms with Gasteiger partial charge in [0.15, 0.2) is 0 Å². The molecule has 0 aliphatic rings. The van der Waals surface area contributed by atoms with E-state index in [1.54, 1.807) is 23.7 Å². The van der Waals surface area contributed by atoms with Crippen LogP contribution in [-0.4, -0.2) is 42.4 Å². The number of nitrogens with two attached hydrogens (primary N) is 1. The third kappa shape index (κ3) is 3.97. The molecule has 0 unspecified atom stereocenters. The van der Waals surface area contributed by atoms with Gasteiger partial charge in [0.1, 0.15) is 0 Å². The first kappa shape index (κ1) is 11.8. The lowest BCUT2D eigenvalue weighted by molar-refractivity contribution is -0.131. The monoisotopic (exact) mass is 190 g/mol. The molecule has 0 rings (SSSR count). The highest BCUT2D eigenvalue weighted by Crippen LogP contribution is 1.97. The van der Waals surface area contributed by atoms with Gasteiger partial charge in [0.25, 0.3) is 0 Å². The minimum atomic E-state index is -0.322. The molecule has 4 heteroatoms. The topological polar surface area (TPSA) is 46.3 Å². The minimum Gasteiger partial charge on any atom is -0.344 e. The Balaban J connectivity index is 3.75. The zero-order valence-electron chi connectivity index (χ0n) is 8.04. The maximum Gasteiger partial charge on any atom is 0.239 e. The number of hydrogen-bond acceptors (Lipinski definition) is 3. The van der Waals surface area contributed by atoms with E-state index in [1.165, 1.54) is 0 Å². The van der Waals surface area contributed by atoms with Crippen LogP contribution in [-0.2, 0) is 4.79 Å². The van der Waals surface area contributed by atoms with E-state index in [-0.39, 0.29) is 11.9 Å². The summed E-state index contributed by atoms with van der Waals surface area (Å²) in [6.07, 6.45) is 2.74. The van der Waals surface area contributed by atoms with E-state index in [9.17, 15) is 4.79 Å². The van der Waals surface area contributed by atoms with Crippen LogP contribution in [0, 0.1) is 0 Å². The molecule has 0 aromatic carbocycles. The van der Waals surface area contributed by atoms with Gasteiger partial charge in [0, 0.05) is 19.3 Å². The number of rotatable bonds is 5. The fourth-order valence-electron chi connectivity index (χ4n) is 0.796. The van der Waals surface area contributed by atoms with Crippen molar-refractivity contribution in [3.8, 4) is 0 Å². The molecule has 2 N–H and O–H groups in total. The van der Waals surface area contributed by atoms with Crippen molar-refractivity contribution in [2.75, 3.05) is 25.6 Å². The molecule has 1 amide bonds. The number of amides is 1. The second-order valence-corrected chi connectivity index (χ2v) is 3.75. The van der Waals surface area contributed by atoms with Crippen molar-refractivity contribution >= 4 is 17.7 Å². The Morgan fingerprint density at radius 1 is 1.67 bits per heavy atom. The Morgan fingerprint density at radius 3 is 2.67 bits per heavy atom. The van der Waals surface area contributed by atoms with Gasteiger partial charge < -0.3 is 10.6 Å². The number of nitrogens with zero attached hydrogens (tertiary/aromatic N) is 1. The molecule has 0 saturated carbocycles. The average molecular weight is 190 g/mol. The van der Waals surface area contributed by atoms with E-state index in [4.69, 9.17) is 5.73 Å². The Morgan fingerprint density at radius 2 is 2.25 bits per heavy atom. The van der Waals surface area contributed by atoms with Crippen LogP contribution < -0.4 is 5.73 Å². The summed E-state index contributed by atoms with van der Waals surface area (Å²) in [7, 11) is 1.80. The van der Waals surface area contributed by atoms with Gasteiger partial charge in [-0.2, -0.15) is 11.8 Å². The van der Waals surface area contributed by atoms with Gasteiger partial charge in [-0.15, -0.1) is 0 Å². The summed E-state index contributed by atoms with van der Waals surface area (Å²) < 4.78 is 0. The first-order valence-electron chi connectivity index (χ1n) is 4.13. The molecule has 0 aromatic rings. The zero-order chi connectivity index (χ0) is 9.56. The van der Waals surface area contributed by atoms with Crippen molar-refractivity contribution in [1.29, 1.82) is 0 Å². The van der Waals surface area contributed by atoms with Crippen LogP contribution in [0.4, 0.5) is 0 Å². The summed E-state index contributed by atoms with van der Waals surface area (Å²) in [4.78, 5) is 13.1. The molecule has 0 aromatic heterocycles. The summed E-state index contributed by atoms with van der Waals surface area (Å²) in [5.41, 5.74) is 5.59. The van der Waals surface area contributed by atoms with Gasteiger partial charge in [0.05, 0.1) is 6.04 Å². The molecular formula is C8H18N2OS. The maximum atomic E-state index is 11.4. The first-order chi connectivity index (χ1) is 5.63. The van der Waals surface area contributed by atoms with Gasteiger partial charge in [0.2, 0.25) is 5.91 Å². The Bertz CT molecular complexity index is 141. The predicted molar refractivity (Wildman–Crippen MR) is 54.3 cm³/mol. The Labute approximate surface area is 78.7 Å². The van der Waals surface area contributed by atoms with Crippen LogP contribution >= 0.6 is 11.8 Å². The first-order valence-corrected chi connectivity index (χ1v) is 5.52. The molecule has 0 aliphatic heterocycles. The quantitative estimate of drug-likeness (QED) is 0.688. The highest BCUT2D eigenvalue weighted by atomic mass is 32.2. The van der Waals surface area contributed by atoms with Crippen LogP contribution in [0.1, 0.15) is 13.3 Å². The van der Waals surface area contributed by atoms with Crippen LogP contribution in [0.5, 0.6) is 0 Å². The third-order valence-electron chi connectivity index (χ3n) is 1.76. The number of thioether (sulfide) groups is 1. The van der Waals surface area contributed by atoms with Gasteiger partial charge >= 0.3 is 0 Å². The smallest absolute Gasteiger partial charge is 0.239 e. The van der Waals surface area contributed by atoms with Gasteiger partial charge in [-0.3, -0.25) is 4.79 Å². The van der Waals surface area contributed by atoms with Crippen molar-refractivity contribution in [3.63, 3.8) is 0 Å². The van der Waals surface area contributed by atoms with Crippen LogP contribution in [0.2, 0.25) is 0 Å². The fraction of sp³-hybridized carbons (Fsp3) is 0.875. The van der Waals surface area contributed by atoms with Crippen molar-refractivity contribution in [2.24, 2.45) is 5.73 Å². The second kappa shape index (κ2) is 6.31. The minimum absolute atomic E-state index is 0.0477. The van der Waals surface area contributed by atoms with E-state index in [1.807, 2.05) is 13.2 Å². The van der Waals surface area contributed by atoms with E-state index in [2.05, 4.69) is 0 Å². The molecule has 0 radical (unpaired) electrons. The molecule has 0 aliphatic carbocycles. The Hall–Kier alpha value is -0.220. The lowest BCUT2D eigenvalue weighted by Crippen LogP contribution is -2.42. The Kier molecular flexibility index (Phi) is 6.20. The molecule has 0 heterocycles. The standard InChI is InChI=1S/C8H18N2OS/c1-4-7(9)8(11)10(2)5-6-12-3/h7H,4-6,9H2,1-3H3/t7-/m1/s1. The van der Waals surface area contributed by atoms with Crippen molar-refractivity contribution in [2.45, 2.75) is 19.4 Å². The summed E-state index contributed by atoms with van der Waals surface area (Å²) in [6.45, 7) is 2.71. The summed E-state index contributed by atoms with van der Waals surface area (Å²) >= 11 is 1.73. The van der Waals surface area contributed by atoms with Gasteiger partial charge in [-0.25, -0.2) is 0 Å². The SMILES string of the molecule is CC[C@@H](N)C(=O)N(C)CCSC. The highest BCUT2D eigenvalue weighted by Gasteiger charge is 2.14. The van der Waals surface area contributed by atoms with Crippen LogP contribution in [0.3, 0.4) is 0 Å². The van der Waals surface area contributed by atoms with Crippen molar-refractivity contribution in [3.05, 3.63) is 0 Å². The van der Waals surface area contributed by atoms with Crippen LogP contribution in [0.15, 0.2) is 0 Å². The summed E-state index contributed by atoms with van der Waals surface area (Å²) in [5, 5.41) is 0. The number of carbonyl (C=O) groups is 1. The molecule has 0 fully saturated rings. The van der Waals surface area contributed by atoms with Gasteiger partial charge in [-0.05, 0) is 12.7 Å². The zero-order valence-corrected chi connectivity index (χ0v) is 8.86. The van der Waals surface area contributed by atoms with Crippen LogP contribution in [0.25, 0.3) is 0 Å². The third-order valence-corrected chi connectivity index (χ3v) is 2.35. The molecule has 1 atom stereocenters. The molecule has 72 valence electrons. The fourth-order valence-corrected chi connectivity index (χ4v) is 1.25. The molecule has 0 bridgehead atoms. The molecule has 12 heavy (non-hydrogen) atoms. The van der Waals surface area contributed by atoms with E-state index in [0.717, 1.165) is 12.3 Å². The van der Waals surface area contributed by atoms with Crippen molar-refractivity contribution in [1.82, 2.24) is 4.90 Å². The normalized spacial score (nSPS) is 12.7. The lowest BCUT2D eigenvalue weighted by atomic mass is 10.2. The lowest BCUT2D eigenvalue weighted by Gasteiger charge is -2.19. The number of hydrogen-bond donors (Lipinski definition) is 1. The van der Waals surface area contributed by atoms with E-state index >= 15 is 0 Å². The summed E-state index contributed by atoms with van der Waals surface area (Å²) in [5.74, 6) is 1.02. The van der Waals surface area contributed by atoms with Crippen molar-refractivity contribution < 1.29 is 4.79 Å². The summed E-state index contributed by atoms with van der Waals surface area (Å²) in [6, 6.07) is -0.322. The molecule has 3 nitrogen and oxygen atoms in total. The second-order valence-electron chi connectivity index (χ2n) is 2.77. The van der Waals surface area contributed by atoms with E-state index in [0.29, 0.717) is 6.42 Å². The maximum absolute atomic E-state index is 11.4. The van der Waals surface area contributed by atoms with Gasteiger partial charge in [-0.1, -0.05) is 6.92 Å². The van der Waals surface area contributed by atoms with E-state index < -0.39 is 0 Å². The largest absolute Gasteiger partial charge is 0.344 e. The highest BCUT2D eigenvalue weighted by molar-refractivity contribution is 7.98. The predicted octanol–water partition coefficient (Wildman–Crippen LogP) is 0.545. The molecule has 0 spiro atoms. The number of likely N-dealkylation sites (N-methyl/N-ethyl adjacent to an activating group) is 1. The molecule has 0 saturated heterocycles.